The zero-order valence-corrected chi connectivity index (χ0v) is 9.35. The van der Waals surface area contributed by atoms with Crippen molar-refractivity contribution >= 4 is 5.78 Å². The summed E-state index contributed by atoms with van der Waals surface area (Å²) >= 11 is 0. The average molecular weight is 252 g/mol. The second kappa shape index (κ2) is 5.48. The topological polar surface area (TPSA) is 56.0 Å². The van der Waals surface area contributed by atoms with Crippen LogP contribution in [0.15, 0.2) is 34.9 Å². The smallest absolute Gasteiger partial charge is 0.296 e. The van der Waals surface area contributed by atoms with Crippen LogP contribution in [-0.4, -0.2) is 22.3 Å². The molecule has 0 aliphatic rings. The second-order valence-corrected chi connectivity index (χ2v) is 3.71. The normalized spacial score (nSPS) is 10.8. The Morgan fingerprint density at radius 3 is 2.67 bits per heavy atom. The highest BCUT2D eigenvalue weighted by Crippen LogP contribution is 2.08. The van der Waals surface area contributed by atoms with Crippen molar-refractivity contribution in [1.82, 2.24) is 10.1 Å². The van der Waals surface area contributed by atoms with Crippen LogP contribution in [-0.2, 0) is 17.6 Å². The molecule has 0 bridgehead atoms. The molecule has 1 aromatic heterocycles. The zero-order chi connectivity index (χ0) is 13.0. The van der Waals surface area contributed by atoms with E-state index < -0.39 is 18.6 Å². The van der Waals surface area contributed by atoms with Gasteiger partial charge in [0.1, 0.15) is 0 Å². The Bertz CT molecular complexity index is 526. The van der Waals surface area contributed by atoms with Gasteiger partial charge in [-0.2, -0.15) is 4.98 Å². The Hall–Kier alpha value is -2.11. The molecule has 0 aliphatic heterocycles. The van der Waals surface area contributed by atoms with Crippen LogP contribution in [0.1, 0.15) is 17.3 Å². The fourth-order valence-corrected chi connectivity index (χ4v) is 1.44. The predicted octanol–water partition coefficient (Wildman–Crippen LogP) is 2.04. The van der Waals surface area contributed by atoms with Crippen molar-refractivity contribution in [2.75, 3.05) is 0 Å². The molecule has 0 saturated heterocycles. The van der Waals surface area contributed by atoms with Crippen LogP contribution in [0, 0.1) is 0 Å². The fraction of sp³-hybridized carbons (Fsp3) is 0.250. The Balaban J connectivity index is 2.00. The van der Waals surface area contributed by atoms with E-state index in [1.165, 1.54) is 0 Å². The molecule has 1 heterocycles. The molecular formula is C12H10F2N2O2. The lowest BCUT2D eigenvalue weighted by Gasteiger charge is -1.94. The van der Waals surface area contributed by atoms with Gasteiger partial charge >= 0.3 is 0 Å². The molecule has 0 atom stereocenters. The van der Waals surface area contributed by atoms with Crippen LogP contribution in [0.3, 0.4) is 0 Å². The van der Waals surface area contributed by atoms with Crippen molar-refractivity contribution in [2.24, 2.45) is 0 Å². The standard InChI is InChI=1S/C12H10F2N2O2/c13-12(14)9(17)7-11-15-10(16-18-11)6-8-4-2-1-3-5-8/h1-5,12H,6-7H2. The van der Waals surface area contributed by atoms with Gasteiger partial charge in [0.05, 0.1) is 6.42 Å². The van der Waals surface area contributed by atoms with E-state index in [9.17, 15) is 13.6 Å². The van der Waals surface area contributed by atoms with Crippen LogP contribution < -0.4 is 0 Å². The van der Waals surface area contributed by atoms with Gasteiger partial charge < -0.3 is 4.52 Å². The van der Waals surface area contributed by atoms with Crippen molar-refractivity contribution in [2.45, 2.75) is 19.3 Å². The minimum Gasteiger partial charge on any atom is -0.339 e. The van der Waals surface area contributed by atoms with Gasteiger partial charge in [-0.3, -0.25) is 4.79 Å². The zero-order valence-electron chi connectivity index (χ0n) is 9.35. The minimum absolute atomic E-state index is 0.0776. The maximum atomic E-state index is 12.0. The number of halogens is 2. The second-order valence-electron chi connectivity index (χ2n) is 3.71. The molecule has 6 heteroatoms. The molecule has 94 valence electrons. The van der Waals surface area contributed by atoms with Crippen molar-refractivity contribution in [3.63, 3.8) is 0 Å². The molecule has 0 unspecified atom stereocenters. The molecule has 1 aromatic carbocycles. The third-order valence-electron chi connectivity index (χ3n) is 2.28. The number of hydrogen-bond acceptors (Lipinski definition) is 4. The first kappa shape index (κ1) is 12.3. The van der Waals surface area contributed by atoms with Gasteiger partial charge in [-0.1, -0.05) is 35.5 Å². The maximum Gasteiger partial charge on any atom is 0.296 e. The largest absolute Gasteiger partial charge is 0.339 e. The van der Waals surface area contributed by atoms with Crippen LogP contribution in [0.25, 0.3) is 0 Å². The summed E-state index contributed by atoms with van der Waals surface area (Å²) in [5.41, 5.74) is 0.977. The summed E-state index contributed by atoms with van der Waals surface area (Å²) in [5, 5.41) is 3.64. The van der Waals surface area contributed by atoms with Crippen molar-refractivity contribution < 1.29 is 18.1 Å². The Kier molecular flexibility index (Phi) is 3.76. The number of hydrogen-bond donors (Lipinski definition) is 0. The number of nitrogens with zero attached hydrogens (tertiary/aromatic N) is 2. The van der Waals surface area contributed by atoms with Crippen LogP contribution >= 0.6 is 0 Å². The Labute approximate surface area is 102 Å². The van der Waals surface area contributed by atoms with E-state index in [1.807, 2.05) is 30.3 Å². The lowest BCUT2D eigenvalue weighted by molar-refractivity contribution is -0.129. The maximum absolute atomic E-state index is 12.0. The van der Waals surface area contributed by atoms with Crippen molar-refractivity contribution in [1.29, 1.82) is 0 Å². The van der Waals surface area contributed by atoms with E-state index in [0.717, 1.165) is 5.56 Å². The Morgan fingerprint density at radius 2 is 2.00 bits per heavy atom. The van der Waals surface area contributed by atoms with Gasteiger partial charge in [-0.25, -0.2) is 8.78 Å². The molecule has 0 fully saturated rings. The number of Topliss-reactive ketones (excluding diaryl/α,β-unsaturated/α-hetero) is 1. The number of carbonyl (C=O) groups excluding carboxylic acids is 1. The van der Waals surface area contributed by atoms with E-state index in [2.05, 4.69) is 10.1 Å². The van der Waals surface area contributed by atoms with Gasteiger partial charge in [0, 0.05) is 6.42 Å². The van der Waals surface area contributed by atoms with Gasteiger partial charge in [0.2, 0.25) is 11.7 Å². The third kappa shape index (κ3) is 3.19. The molecule has 0 radical (unpaired) electrons. The summed E-state index contributed by atoms with van der Waals surface area (Å²) in [6, 6.07) is 9.40. The number of ketones is 1. The first-order valence-corrected chi connectivity index (χ1v) is 5.31. The fourth-order valence-electron chi connectivity index (χ4n) is 1.44. The molecule has 0 spiro atoms. The van der Waals surface area contributed by atoms with E-state index in [0.29, 0.717) is 12.2 Å². The lowest BCUT2D eigenvalue weighted by Crippen LogP contribution is -2.13. The number of rotatable bonds is 5. The summed E-state index contributed by atoms with van der Waals surface area (Å²) in [4.78, 5) is 14.7. The van der Waals surface area contributed by atoms with E-state index in [4.69, 9.17) is 4.52 Å². The third-order valence-corrected chi connectivity index (χ3v) is 2.28. The van der Waals surface area contributed by atoms with E-state index in [-0.39, 0.29) is 5.89 Å². The quantitative estimate of drug-likeness (QED) is 0.817. The van der Waals surface area contributed by atoms with Gasteiger partial charge in [-0.05, 0) is 5.56 Å². The van der Waals surface area contributed by atoms with Crippen LogP contribution in [0.2, 0.25) is 0 Å². The Morgan fingerprint density at radius 1 is 1.28 bits per heavy atom. The van der Waals surface area contributed by atoms with Gasteiger partial charge in [-0.15, -0.1) is 0 Å². The summed E-state index contributed by atoms with van der Waals surface area (Å²) in [6.45, 7) is 0. The van der Waals surface area contributed by atoms with Gasteiger partial charge in [0.25, 0.3) is 6.43 Å². The molecule has 2 aromatic rings. The molecule has 4 nitrogen and oxygen atoms in total. The summed E-state index contributed by atoms with van der Waals surface area (Å²) in [6.07, 6.45) is -3.10. The van der Waals surface area contributed by atoms with Gasteiger partial charge in [0.15, 0.2) is 5.82 Å². The number of aromatic nitrogens is 2. The van der Waals surface area contributed by atoms with Crippen molar-refractivity contribution in [3.8, 4) is 0 Å². The first-order valence-electron chi connectivity index (χ1n) is 5.31. The lowest BCUT2D eigenvalue weighted by atomic mass is 10.1. The average Bonchev–Trinajstić information content (AvgIpc) is 2.77. The molecule has 2 rings (SSSR count). The molecule has 0 saturated carbocycles. The highest BCUT2D eigenvalue weighted by Gasteiger charge is 2.19. The highest BCUT2D eigenvalue weighted by molar-refractivity contribution is 5.82. The molecule has 0 amide bonds. The molecule has 0 N–H and O–H groups in total. The number of benzene rings is 1. The van der Waals surface area contributed by atoms with E-state index in [1.54, 1.807) is 0 Å². The minimum atomic E-state index is -3.01. The van der Waals surface area contributed by atoms with E-state index >= 15 is 0 Å². The predicted molar refractivity (Wildman–Crippen MR) is 58.3 cm³/mol. The van der Waals surface area contributed by atoms with Crippen LogP contribution in [0.5, 0.6) is 0 Å². The molecule has 18 heavy (non-hydrogen) atoms. The summed E-state index contributed by atoms with van der Waals surface area (Å²) < 4.78 is 28.8. The summed E-state index contributed by atoms with van der Waals surface area (Å²) in [7, 11) is 0. The molecule has 0 aliphatic carbocycles. The summed E-state index contributed by atoms with van der Waals surface area (Å²) in [5.74, 6) is -0.922. The highest BCUT2D eigenvalue weighted by atomic mass is 19.3. The van der Waals surface area contributed by atoms with Crippen LogP contribution in [0.4, 0.5) is 8.78 Å². The number of carbonyl (C=O) groups is 1. The van der Waals surface area contributed by atoms with Crippen molar-refractivity contribution in [3.05, 3.63) is 47.6 Å². The number of alkyl halides is 2. The SMILES string of the molecule is O=C(Cc1nc(Cc2ccccc2)no1)C(F)F. The molecular weight excluding hydrogens is 242 g/mol. The monoisotopic (exact) mass is 252 g/mol. The first-order chi connectivity index (χ1) is 8.65.